The van der Waals surface area contributed by atoms with E-state index in [1.54, 1.807) is 0 Å². The Morgan fingerprint density at radius 1 is 0.875 bits per heavy atom. The van der Waals surface area contributed by atoms with Gasteiger partial charge in [-0.15, -0.1) is 0 Å². The fourth-order valence-electron chi connectivity index (χ4n) is 1.51. The lowest BCUT2D eigenvalue weighted by Gasteiger charge is -2.22. The van der Waals surface area contributed by atoms with Crippen molar-refractivity contribution < 1.29 is 39.9 Å². The number of aliphatic hydroxyl groups excluding tert-OH is 4. The molecule has 4 atom stereocenters. The number of hydrogen-bond acceptors (Lipinski definition) is 9. The lowest BCUT2D eigenvalue weighted by molar-refractivity contribution is -0.143. The third kappa shape index (κ3) is 7.90. The van der Waals surface area contributed by atoms with Gasteiger partial charge in [0.15, 0.2) is 0 Å². The van der Waals surface area contributed by atoms with E-state index in [9.17, 15) is 24.6 Å². The molecule has 0 heterocycles. The summed E-state index contributed by atoms with van der Waals surface area (Å²) >= 11 is 3.95. The number of nitrogens with one attached hydrogen (secondary N) is 3. The quantitative estimate of drug-likeness (QED) is 0.152. The number of carbonyl (C=O) groups excluding carboxylic acids is 2. The SMILES string of the molecule is O=C(O)[C@H](CO)NC(=O)[C@H](CO)NC(=O)[C@H](CS)NCC(O)CO. The van der Waals surface area contributed by atoms with Crippen molar-refractivity contribution in [3.63, 3.8) is 0 Å². The molecular weight excluding hydrogens is 346 g/mol. The van der Waals surface area contributed by atoms with Gasteiger partial charge in [-0.05, 0) is 0 Å². The van der Waals surface area contributed by atoms with E-state index in [0.717, 1.165) is 0 Å². The van der Waals surface area contributed by atoms with Crippen LogP contribution in [-0.2, 0) is 14.4 Å². The topological polar surface area (TPSA) is 188 Å². The Labute approximate surface area is 143 Å². The van der Waals surface area contributed by atoms with Crippen LogP contribution in [0.15, 0.2) is 0 Å². The van der Waals surface area contributed by atoms with Crippen molar-refractivity contribution in [3.8, 4) is 0 Å². The molecule has 1 unspecified atom stereocenters. The molecule has 11 nitrogen and oxygen atoms in total. The van der Waals surface area contributed by atoms with Gasteiger partial charge in [0.2, 0.25) is 11.8 Å². The molecule has 0 aliphatic heterocycles. The Morgan fingerprint density at radius 2 is 1.38 bits per heavy atom. The van der Waals surface area contributed by atoms with E-state index >= 15 is 0 Å². The summed E-state index contributed by atoms with van der Waals surface area (Å²) in [4.78, 5) is 34.6. The number of aliphatic hydroxyl groups is 4. The van der Waals surface area contributed by atoms with E-state index in [2.05, 4.69) is 23.3 Å². The fraction of sp³-hybridized carbons (Fsp3) is 0.750. The van der Waals surface area contributed by atoms with Crippen molar-refractivity contribution in [2.75, 3.05) is 32.1 Å². The highest BCUT2D eigenvalue weighted by Gasteiger charge is 2.27. The summed E-state index contributed by atoms with van der Waals surface area (Å²) in [5, 5.41) is 51.5. The number of rotatable bonds is 12. The van der Waals surface area contributed by atoms with Crippen molar-refractivity contribution in [1.82, 2.24) is 16.0 Å². The zero-order chi connectivity index (χ0) is 18.7. The van der Waals surface area contributed by atoms with E-state index in [1.807, 2.05) is 5.32 Å². The molecule has 0 aromatic carbocycles. The highest BCUT2D eigenvalue weighted by molar-refractivity contribution is 7.80. The van der Waals surface area contributed by atoms with Crippen LogP contribution >= 0.6 is 12.6 Å². The van der Waals surface area contributed by atoms with Gasteiger partial charge < -0.3 is 41.5 Å². The second kappa shape index (κ2) is 12.0. The second-order valence-corrected chi connectivity index (χ2v) is 5.17. The van der Waals surface area contributed by atoms with Gasteiger partial charge in [-0.1, -0.05) is 0 Å². The minimum Gasteiger partial charge on any atom is -0.480 e. The van der Waals surface area contributed by atoms with Gasteiger partial charge in [0.1, 0.15) is 12.1 Å². The Morgan fingerprint density at radius 3 is 1.79 bits per heavy atom. The van der Waals surface area contributed by atoms with Crippen LogP contribution in [0, 0.1) is 0 Å². The van der Waals surface area contributed by atoms with Gasteiger partial charge in [0.05, 0.1) is 32.0 Å². The van der Waals surface area contributed by atoms with E-state index in [-0.39, 0.29) is 12.3 Å². The Hall–Kier alpha value is -1.44. The molecule has 0 bridgehead atoms. The molecule has 0 spiro atoms. The smallest absolute Gasteiger partial charge is 0.328 e. The standard InChI is InChI=1S/C12H23N3O8S/c16-2-6(19)1-13-9(5-24)11(21)14-7(3-17)10(20)15-8(4-18)12(22)23/h6-9,13,16-19,24H,1-5H2,(H,14,21)(H,15,20)(H,22,23)/t6?,7-,8-,9-/m0/s1. The van der Waals surface area contributed by atoms with Crippen molar-refractivity contribution in [2.24, 2.45) is 0 Å². The van der Waals surface area contributed by atoms with Crippen LogP contribution in [0.1, 0.15) is 0 Å². The monoisotopic (exact) mass is 369 g/mol. The zero-order valence-electron chi connectivity index (χ0n) is 12.8. The lowest BCUT2D eigenvalue weighted by Crippen LogP contribution is -2.57. The van der Waals surface area contributed by atoms with Crippen LogP contribution in [-0.4, -0.2) is 99.7 Å². The van der Waals surface area contributed by atoms with Gasteiger partial charge in [0, 0.05) is 12.3 Å². The highest BCUT2D eigenvalue weighted by atomic mass is 32.1. The molecule has 24 heavy (non-hydrogen) atoms. The minimum atomic E-state index is -1.57. The normalized spacial score (nSPS) is 15.9. The molecular formula is C12H23N3O8S. The molecule has 0 saturated carbocycles. The number of carboxylic acids is 1. The summed E-state index contributed by atoms with van der Waals surface area (Å²) in [6.45, 7) is -2.26. The first-order valence-corrected chi connectivity index (χ1v) is 7.62. The van der Waals surface area contributed by atoms with E-state index in [0.29, 0.717) is 0 Å². The zero-order valence-corrected chi connectivity index (χ0v) is 13.6. The van der Waals surface area contributed by atoms with Gasteiger partial charge in [-0.25, -0.2) is 4.79 Å². The molecule has 140 valence electrons. The molecule has 0 rings (SSSR count). The summed E-state index contributed by atoms with van der Waals surface area (Å²) in [6.07, 6.45) is -1.09. The van der Waals surface area contributed by atoms with Gasteiger partial charge >= 0.3 is 5.97 Å². The third-order valence-electron chi connectivity index (χ3n) is 2.92. The van der Waals surface area contributed by atoms with Crippen LogP contribution < -0.4 is 16.0 Å². The molecule has 0 aliphatic carbocycles. The van der Waals surface area contributed by atoms with E-state index < -0.39 is 61.8 Å². The number of thiol groups is 1. The molecule has 2 amide bonds. The van der Waals surface area contributed by atoms with Gasteiger partial charge in [-0.3, -0.25) is 9.59 Å². The predicted molar refractivity (Wildman–Crippen MR) is 84.4 cm³/mol. The van der Waals surface area contributed by atoms with Gasteiger partial charge in [-0.2, -0.15) is 12.6 Å². The first-order valence-electron chi connectivity index (χ1n) is 6.99. The second-order valence-electron chi connectivity index (χ2n) is 4.81. The molecule has 0 radical (unpaired) electrons. The number of hydrogen-bond donors (Lipinski definition) is 9. The van der Waals surface area contributed by atoms with Crippen LogP contribution in [0.25, 0.3) is 0 Å². The number of carbonyl (C=O) groups is 3. The maximum absolute atomic E-state index is 12.0. The maximum atomic E-state index is 12.0. The molecule has 0 fully saturated rings. The van der Waals surface area contributed by atoms with E-state index in [1.165, 1.54) is 0 Å². The molecule has 0 aromatic heterocycles. The molecule has 0 aromatic rings. The summed E-state index contributed by atoms with van der Waals surface area (Å²) in [7, 11) is 0. The number of aliphatic carboxylic acids is 1. The third-order valence-corrected chi connectivity index (χ3v) is 3.29. The maximum Gasteiger partial charge on any atom is 0.328 e. The fourth-order valence-corrected chi connectivity index (χ4v) is 1.80. The first kappa shape index (κ1) is 22.6. The summed E-state index contributed by atoms with van der Waals surface area (Å²) in [5.41, 5.74) is 0. The number of carboxylic acid groups (broad SMARTS) is 1. The van der Waals surface area contributed by atoms with Crippen molar-refractivity contribution in [2.45, 2.75) is 24.2 Å². The van der Waals surface area contributed by atoms with E-state index in [4.69, 9.17) is 15.3 Å². The summed E-state index contributed by atoms with van der Waals surface area (Å²) < 4.78 is 0. The molecule has 0 saturated heterocycles. The summed E-state index contributed by atoms with van der Waals surface area (Å²) in [6, 6.07) is -3.93. The average Bonchev–Trinajstić information content (AvgIpc) is 2.56. The lowest BCUT2D eigenvalue weighted by atomic mass is 10.2. The first-order chi connectivity index (χ1) is 11.3. The predicted octanol–water partition coefficient (Wildman–Crippen LogP) is -4.73. The summed E-state index contributed by atoms with van der Waals surface area (Å²) in [5.74, 6) is -3.18. The molecule has 8 N–H and O–H groups in total. The highest BCUT2D eigenvalue weighted by Crippen LogP contribution is 1.94. The van der Waals surface area contributed by atoms with Crippen LogP contribution in [0.4, 0.5) is 0 Å². The Kier molecular flexibility index (Phi) is 11.3. The van der Waals surface area contributed by atoms with Crippen molar-refractivity contribution >= 4 is 30.4 Å². The number of amides is 2. The average molecular weight is 369 g/mol. The minimum absolute atomic E-state index is 0.00184. The molecule has 12 heteroatoms. The van der Waals surface area contributed by atoms with Gasteiger partial charge in [0.25, 0.3) is 0 Å². The Bertz CT molecular complexity index is 425. The Balaban J connectivity index is 4.69. The van der Waals surface area contributed by atoms with Crippen LogP contribution in [0.5, 0.6) is 0 Å². The van der Waals surface area contributed by atoms with Crippen molar-refractivity contribution in [1.29, 1.82) is 0 Å². The van der Waals surface area contributed by atoms with Crippen LogP contribution in [0.2, 0.25) is 0 Å². The van der Waals surface area contributed by atoms with Crippen LogP contribution in [0.3, 0.4) is 0 Å². The molecule has 0 aliphatic rings. The largest absolute Gasteiger partial charge is 0.480 e. The van der Waals surface area contributed by atoms with Crippen molar-refractivity contribution in [3.05, 3.63) is 0 Å².